The minimum atomic E-state index is -0.0599. The van der Waals surface area contributed by atoms with Crippen molar-refractivity contribution >= 4 is 38.3 Å². The molecule has 0 fully saturated rings. The lowest BCUT2D eigenvalue weighted by Gasteiger charge is -2.40. The molecule has 25 heavy (non-hydrogen) atoms. The molecule has 2 heterocycles. The predicted octanol–water partition coefficient (Wildman–Crippen LogP) is 3.67. The van der Waals surface area contributed by atoms with Crippen molar-refractivity contribution in [3.63, 3.8) is 0 Å². The Hall–Kier alpha value is -1.59. The summed E-state index contributed by atoms with van der Waals surface area (Å²) in [6.45, 7) is 6.43. The molecule has 1 aliphatic carbocycles. The van der Waals surface area contributed by atoms with E-state index in [0.717, 1.165) is 30.7 Å². The third-order valence-corrected chi connectivity index (χ3v) is 6.41. The van der Waals surface area contributed by atoms with Crippen LogP contribution in [0.25, 0.3) is 16.5 Å². The lowest BCUT2D eigenvalue weighted by Crippen LogP contribution is -2.47. The Balaban J connectivity index is 1.83. The van der Waals surface area contributed by atoms with E-state index in [4.69, 9.17) is 0 Å². The monoisotopic (exact) mass is 401 g/mol. The second-order valence-corrected chi connectivity index (χ2v) is 7.84. The van der Waals surface area contributed by atoms with E-state index in [1.54, 1.807) is 0 Å². The summed E-state index contributed by atoms with van der Waals surface area (Å²) in [4.78, 5) is 20.7. The number of likely N-dealkylation sites (N-methyl/N-ethyl adjacent to an activating group) is 1. The molecule has 1 N–H and O–H groups in total. The van der Waals surface area contributed by atoms with Crippen LogP contribution >= 0.6 is 15.9 Å². The van der Waals surface area contributed by atoms with E-state index in [9.17, 15) is 4.79 Å². The van der Waals surface area contributed by atoms with Crippen LogP contribution in [0.5, 0.6) is 0 Å². The van der Waals surface area contributed by atoms with Crippen LogP contribution in [-0.4, -0.2) is 53.4 Å². The van der Waals surface area contributed by atoms with Crippen molar-refractivity contribution in [2.45, 2.75) is 26.3 Å². The molecule has 5 heteroatoms. The number of nitrogens with one attached hydrogen (secondary N) is 1. The molecule has 0 spiro atoms. The number of halogens is 1. The molecular weight excluding hydrogens is 378 g/mol. The molecule has 132 valence electrons. The zero-order valence-electron chi connectivity index (χ0n) is 15.0. The summed E-state index contributed by atoms with van der Waals surface area (Å²) in [6, 6.07) is 6.76. The smallest absolute Gasteiger partial charge is 0.230 e. The van der Waals surface area contributed by atoms with E-state index in [1.165, 1.54) is 27.6 Å². The van der Waals surface area contributed by atoms with Crippen LogP contribution in [0.4, 0.5) is 0 Å². The van der Waals surface area contributed by atoms with Crippen molar-refractivity contribution in [3.8, 4) is 0 Å². The number of aromatic nitrogens is 1. The van der Waals surface area contributed by atoms with Crippen molar-refractivity contribution in [2.75, 3.05) is 26.7 Å². The number of amides is 1. The topological polar surface area (TPSA) is 39.3 Å². The number of hydrogen-bond donors (Lipinski definition) is 1. The number of nitrogens with zero attached hydrogens (tertiary/aromatic N) is 2. The maximum Gasteiger partial charge on any atom is 0.230 e. The van der Waals surface area contributed by atoms with Gasteiger partial charge in [-0.1, -0.05) is 18.2 Å². The first-order valence-electron chi connectivity index (χ1n) is 9.05. The molecule has 0 saturated heterocycles. The molecule has 2 aliphatic rings. The number of carbonyl (C=O) groups excluding carboxylic acids is 1. The Bertz CT molecular complexity index is 865. The largest absolute Gasteiger partial charge is 0.349 e. The van der Waals surface area contributed by atoms with Crippen molar-refractivity contribution < 1.29 is 4.79 Å². The summed E-state index contributed by atoms with van der Waals surface area (Å²) in [5.74, 6) is 0.186. The molecule has 1 aromatic carbocycles. The number of hydrogen-bond acceptors (Lipinski definition) is 2. The maximum atomic E-state index is 12.9. The van der Waals surface area contributed by atoms with E-state index < -0.39 is 0 Å². The van der Waals surface area contributed by atoms with Crippen LogP contribution < -0.4 is 0 Å². The third kappa shape index (κ3) is 2.56. The first kappa shape index (κ1) is 16.9. The van der Waals surface area contributed by atoms with Crippen molar-refractivity contribution in [2.24, 2.45) is 5.92 Å². The summed E-state index contributed by atoms with van der Waals surface area (Å²) in [5.41, 5.74) is 5.10. The molecule has 0 bridgehead atoms. The fourth-order valence-electron chi connectivity index (χ4n) is 4.42. The van der Waals surface area contributed by atoms with Gasteiger partial charge in [0.15, 0.2) is 0 Å². The molecule has 2 aromatic rings. The first-order chi connectivity index (χ1) is 12.0. The van der Waals surface area contributed by atoms with Crippen LogP contribution in [-0.2, 0) is 11.2 Å². The fraction of sp³-hybridized carbons (Fsp3) is 0.450. The van der Waals surface area contributed by atoms with E-state index in [-0.39, 0.29) is 11.8 Å². The van der Waals surface area contributed by atoms with Gasteiger partial charge in [-0.3, -0.25) is 9.69 Å². The molecular formula is C20H24BrN3O. The van der Waals surface area contributed by atoms with Gasteiger partial charge in [-0.2, -0.15) is 0 Å². The summed E-state index contributed by atoms with van der Waals surface area (Å²) in [7, 11) is 2.14. The van der Waals surface area contributed by atoms with E-state index in [1.807, 2.05) is 4.90 Å². The van der Waals surface area contributed by atoms with Gasteiger partial charge in [0.2, 0.25) is 5.91 Å². The highest BCUT2D eigenvalue weighted by molar-refractivity contribution is 9.10. The lowest BCUT2D eigenvalue weighted by molar-refractivity contribution is -0.134. The number of rotatable bonds is 3. The van der Waals surface area contributed by atoms with Gasteiger partial charge in [0.25, 0.3) is 0 Å². The zero-order chi connectivity index (χ0) is 17.7. The van der Waals surface area contributed by atoms with Crippen LogP contribution in [0, 0.1) is 5.92 Å². The van der Waals surface area contributed by atoms with Crippen molar-refractivity contribution in [1.29, 1.82) is 0 Å². The summed E-state index contributed by atoms with van der Waals surface area (Å²) >= 11 is 3.69. The molecule has 2 atom stereocenters. The number of fused-ring (bicyclic) bond motifs is 2. The summed E-state index contributed by atoms with van der Waals surface area (Å²) in [5, 5.41) is 1.31. The molecule has 1 amide bonds. The zero-order valence-corrected chi connectivity index (χ0v) is 16.6. The van der Waals surface area contributed by atoms with Crippen molar-refractivity contribution in [1.82, 2.24) is 14.8 Å². The van der Waals surface area contributed by atoms with Gasteiger partial charge in [0.05, 0.1) is 10.5 Å². The van der Waals surface area contributed by atoms with E-state index in [0.29, 0.717) is 6.04 Å². The van der Waals surface area contributed by atoms with Gasteiger partial charge >= 0.3 is 0 Å². The average molecular weight is 402 g/mol. The quantitative estimate of drug-likeness (QED) is 0.851. The van der Waals surface area contributed by atoms with Gasteiger partial charge < -0.3 is 9.88 Å². The standard InChI is InChI=1S/C20H24BrN3O/c1-4-24(5-2)20(25)12-9-14-13-7-6-8-16-18(13)15(19(21)22-16)10-17(14)23(3)11-12/h6-9,12,17,22H,4-5,10-11H2,1-3H3/t12-,17+/m0/s1. The molecule has 1 aromatic heterocycles. The van der Waals surface area contributed by atoms with Gasteiger partial charge in [-0.15, -0.1) is 0 Å². The average Bonchev–Trinajstić information content (AvgIpc) is 2.93. The second-order valence-electron chi connectivity index (χ2n) is 7.04. The highest BCUT2D eigenvalue weighted by atomic mass is 79.9. The minimum Gasteiger partial charge on any atom is -0.349 e. The predicted molar refractivity (Wildman–Crippen MR) is 106 cm³/mol. The molecule has 4 nitrogen and oxygen atoms in total. The van der Waals surface area contributed by atoms with Gasteiger partial charge in [-0.25, -0.2) is 0 Å². The van der Waals surface area contributed by atoms with Crippen LogP contribution in [0.1, 0.15) is 25.0 Å². The number of aromatic amines is 1. The second kappa shape index (κ2) is 6.29. The lowest BCUT2D eigenvalue weighted by atomic mass is 9.79. The maximum absolute atomic E-state index is 12.9. The Morgan fingerprint density at radius 1 is 1.36 bits per heavy atom. The Labute approximate surface area is 157 Å². The van der Waals surface area contributed by atoms with Crippen LogP contribution in [0.2, 0.25) is 0 Å². The SMILES string of the molecule is CCN(CC)C(=O)[C@H]1C=C2c3cccc4[nH]c(Br)c(c34)C[C@H]2N(C)C1. The van der Waals surface area contributed by atoms with Crippen LogP contribution in [0.3, 0.4) is 0 Å². The van der Waals surface area contributed by atoms with Crippen LogP contribution in [0.15, 0.2) is 28.9 Å². The van der Waals surface area contributed by atoms with Gasteiger partial charge in [0.1, 0.15) is 0 Å². The van der Waals surface area contributed by atoms with E-state index >= 15 is 0 Å². The normalized spacial score (nSPS) is 22.6. The molecule has 0 unspecified atom stereocenters. The highest BCUT2D eigenvalue weighted by Crippen LogP contribution is 2.43. The Kier molecular flexibility index (Phi) is 4.24. The van der Waals surface area contributed by atoms with Gasteiger partial charge in [0, 0.05) is 36.6 Å². The first-order valence-corrected chi connectivity index (χ1v) is 9.84. The molecule has 4 rings (SSSR count). The minimum absolute atomic E-state index is 0.0599. The fourth-order valence-corrected chi connectivity index (χ4v) is 4.99. The third-order valence-electron chi connectivity index (χ3n) is 5.73. The van der Waals surface area contributed by atoms with Gasteiger partial charge in [-0.05, 0) is 66.0 Å². The summed E-state index contributed by atoms with van der Waals surface area (Å²) < 4.78 is 1.09. The van der Waals surface area contributed by atoms with E-state index in [2.05, 4.69) is 71.0 Å². The molecule has 0 radical (unpaired) electrons. The number of carbonyl (C=O) groups is 1. The summed E-state index contributed by atoms with van der Waals surface area (Å²) in [6.07, 6.45) is 3.22. The molecule has 0 saturated carbocycles. The number of H-pyrrole nitrogens is 1. The highest BCUT2D eigenvalue weighted by Gasteiger charge is 2.37. The number of benzene rings is 1. The Morgan fingerprint density at radius 3 is 2.84 bits per heavy atom. The van der Waals surface area contributed by atoms with Crippen molar-refractivity contribution in [3.05, 3.63) is 40.0 Å². The Morgan fingerprint density at radius 2 is 2.12 bits per heavy atom. The molecule has 1 aliphatic heterocycles.